The highest BCUT2D eigenvalue weighted by atomic mass is 16.4. The van der Waals surface area contributed by atoms with Gasteiger partial charge in [-0.05, 0) is 12.8 Å². The molecule has 18 heavy (non-hydrogen) atoms. The first-order valence-electron chi connectivity index (χ1n) is 6.24. The molecule has 0 aromatic carbocycles. The molecule has 6 heteroatoms. The molecule has 0 aliphatic carbocycles. The summed E-state index contributed by atoms with van der Waals surface area (Å²) in [6.45, 7) is 1.39. The van der Waals surface area contributed by atoms with Crippen molar-refractivity contribution in [3.63, 3.8) is 0 Å². The summed E-state index contributed by atoms with van der Waals surface area (Å²) in [5.74, 6) is -1.62. The zero-order valence-electron chi connectivity index (χ0n) is 10.5. The van der Waals surface area contributed by atoms with Crippen LogP contribution in [0.25, 0.3) is 0 Å². The van der Waals surface area contributed by atoms with E-state index < -0.39 is 11.9 Å². The van der Waals surface area contributed by atoms with Crippen molar-refractivity contribution in [1.29, 1.82) is 0 Å². The summed E-state index contributed by atoms with van der Waals surface area (Å²) in [6.07, 6.45) is 1.44. The SMILES string of the molecule is CN1CCC(C(=O)N2CCC(C(=O)O)C2)CC1=O. The predicted octanol–water partition coefficient (Wildman–Crippen LogP) is -0.212. The van der Waals surface area contributed by atoms with Crippen molar-refractivity contribution < 1.29 is 19.5 Å². The summed E-state index contributed by atoms with van der Waals surface area (Å²) in [4.78, 5) is 37.8. The molecule has 2 saturated heterocycles. The van der Waals surface area contributed by atoms with E-state index >= 15 is 0 Å². The predicted molar refractivity (Wildman–Crippen MR) is 62.7 cm³/mol. The average Bonchev–Trinajstić information content (AvgIpc) is 2.81. The maximum Gasteiger partial charge on any atom is 0.308 e. The summed E-state index contributed by atoms with van der Waals surface area (Å²) < 4.78 is 0. The maximum atomic E-state index is 12.2. The lowest BCUT2D eigenvalue weighted by Gasteiger charge is -2.30. The van der Waals surface area contributed by atoms with Gasteiger partial charge in [0.25, 0.3) is 0 Å². The number of aliphatic carboxylic acids is 1. The van der Waals surface area contributed by atoms with E-state index in [1.54, 1.807) is 16.8 Å². The Bertz CT molecular complexity index is 382. The number of amides is 2. The zero-order chi connectivity index (χ0) is 13.3. The average molecular weight is 254 g/mol. The molecule has 0 radical (unpaired) electrons. The third kappa shape index (κ3) is 2.47. The van der Waals surface area contributed by atoms with Gasteiger partial charge in [-0.15, -0.1) is 0 Å². The lowest BCUT2D eigenvalue weighted by Crippen LogP contribution is -2.43. The number of carbonyl (C=O) groups is 3. The van der Waals surface area contributed by atoms with Gasteiger partial charge in [0.15, 0.2) is 0 Å². The first kappa shape index (κ1) is 12.9. The zero-order valence-corrected chi connectivity index (χ0v) is 10.5. The van der Waals surface area contributed by atoms with Gasteiger partial charge in [0.2, 0.25) is 11.8 Å². The van der Waals surface area contributed by atoms with E-state index in [9.17, 15) is 14.4 Å². The van der Waals surface area contributed by atoms with Crippen LogP contribution < -0.4 is 0 Å². The first-order valence-corrected chi connectivity index (χ1v) is 6.24. The van der Waals surface area contributed by atoms with Gasteiger partial charge in [-0.2, -0.15) is 0 Å². The topological polar surface area (TPSA) is 77.9 Å². The van der Waals surface area contributed by atoms with E-state index in [4.69, 9.17) is 5.11 Å². The molecule has 6 nitrogen and oxygen atoms in total. The van der Waals surface area contributed by atoms with E-state index in [1.807, 2.05) is 0 Å². The summed E-state index contributed by atoms with van der Waals surface area (Å²) in [7, 11) is 1.74. The quantitative estimate of drug-likeness (QED) is 0.739. The normalized spacial score (nSPS) is 28.6. The van der Waals surface area contributed by atoms with Gasteiger partial charge in [-0.1, -0.05) is 0 Å². The third-order valence-corrected chi connectivity index (χ3v) is 3.86. The fourth-order valence-corrected chi connectivity index (χ4v) is 2.57. The number of likely N-dealkylation sites (tertiary alicyclic amines) is 2. The van der Waals surface area contributed by atoms with Gasteiger partial charge in [0.1, 0.15) is 0 Å². The van der Waals surface area contributed by atoms with Crippen LogP contribution in [0.15, 0.2) is 0 Å². The smallest absolute Gasteiger partial charge is 0.308 e. The molecule has 2 fully saturated rings. The molecule has 100 valence electrons. The Morgan fingerprint density at radius 1 is 1.22 bits per heavy atom. The van der Waals surface area contributed by atoms with Crippen molar-refractivity contribution in [2.75, 3.05) is 26.7 Å². The fourth-order valence-electron chi connectivity index (χ4n) is 2.57. The molecule has 2 unspecified atom stereocenters. The molecular weight excluding hydrogens is 236 g/mol. The van der Waals surface area contributed by atoms with Crippen LogP contribution in [-0.4, -0.2) is 59.4 Å². The molecule has 0 aromatic heterocycles. The maximum absolute atomic E-state index is 12.2. The van der Waals surface area contributed by atoms with Crippen molar-refractivity contribution in [2.24, 2.45) is 11.8 Å². The second-order valence-electron chi connectivity index (χ2n) is 5.11. The van der Waals surface area contributed by atoms with Crippen molar-refractivity contribution in [1.82, 2.24) is 9.80 Å². The van der Waals surface area contributed by atoms with Crippen molar-refractivity contribution in [3.05, 3.63) is 0 Å². The molecule has 2 atom stereocenters. The number of hydrogen-bond donors (Lipinski definition) is 1. The Morgan fingerprint density at radius 3 is 2.44 bits per heavy atom. The molecule has 2 rings (SSSR count). The van der Waals surface area contributed by atoms with Gasteiger partial charge >= 0.3 is 5.97 Å². The van der Waals surface area contributed by atoms with Gasteiger partial charge in [-0.3, -0.25) is 14.4 Å². The van der Waals surface area contributed by atoms with Crippen LogP contribution >= 0.6 is 0 Å². The van der Waals surface area contributed by atoms with Gasteiger partial charge in [0.05, 0.1) is 5.92 Å². The highest BCUT2D eigenvalue weighted by Crippen LogP contribution is 2.24. The molecule has 0 aromatic rings. The number of carboxylic acids is 1. The Hall–Kier alpha value is -1.59. The second kappa shape index (κ2) is 4.96. The Balaban J connectivity index is 1.92. The molecule has 2 aliphatic rings. The summed E-state index contributed by atoms with van der Waals surface area (Å²) >= 11 is 0. The monoisotopic (exact) mass is 254 g/mol. The molecular formula is C12H18N2O4. The minimum atomic E-state index is -0.843. The highest BCUT2D eigenvalue weighted by molar-refractivity contribution is 5.87. The molecule has 2 amide bonds. The van der Waals surface area contributed by atoms with Crippen molar-refractivity contribution in [2.45, 2.75) is 19.3 Å². The van der Waals surface area contributed by atoms with Crippen LogP contribution in [0.1, 0.15) is 19.3 Å². The van der Waals surface area contributed by atoms with Gasteiger partial charge in [0, 0.05) is 39.0 Å². The number of nitrogens with zero attached hydrogens (tertiary/aromatic N) is 2. The Kier molecular flexibility index (Phi) is 3.54. The molecule has 0 saturated carbocycles. The van der Waals surface area contributed by atoms with Crippen molar-refractivity contribution >= 4 is 17.8 Å². The molecule has 2 aliphatic heterocycles. The molecule has 2 heterocycles. The summed E-state index contributed by atoms with van der Waals surface area (Å²) in [5, 5.41) is 8.90. The van der Waals surface area contributed by atoms with E-state index in [0.717, 1.165) is 0 Å². The second-order valence-corrected chi connectivity index (χ2v) is 5.11. The Morgan fingerprint density at radius 2 is 1.89 bits per heavy atom. The lowest BCUT2D eigenvalue weighted by atomic mass is 9.95. The number of hydrogen-bond acceptors (Lipinski definition) is 3. The number of carboxylic acid groups (broad SMARTS) is 1. The van der Waals surface area contributed by atoms with E-state index in [-0.39, 0.29) is 30.7 Å². The lowest BCUT2D eigenvalue weighted by molar-refractivity contribution is -0.145. The molecule has 1 N–H and O–H groups in total. The number of carbonyl (C=O) groups excluding carboxylic acids is 2. The van der Waals surface area contributed by atoms with Crippen LogP contribution in [0.3, 0.4) is 0 Å². The first-order chi connectivity index (χ1) is 8.49. The number of rotatable bonds is 2. The summed E-state index contributed by atoms with van der Waals surface area (Å²) in [5.41, 5.74) is 0. The summed E-state index contributed by atoms with van der Waals surface area (Å²) in [6, 6.07) is 0. The fraction of sp³-hybridized carbons (Fsp3) is 0.750. The number of piperidine rings is 1. The van der Waals surface area contributed by atoms with Crippen molar-refractivity contribution in [3.8, 4) is 0 Å². The van der Waals surface area contributed by atoms with Crippen LogP contribution in [0.5, 0.6) is 0 Å². The molecule has 0 spiro atoms. The minimum Gasteiger partial charge on any atom is -0.481 e. The van der Waals surface area contributed by atoms with Gasteiger partial charge in [-0.25, -0.2) is 0 Å². The van der Waals surface area contributed by atoms with E-state index in [1.165, 1.54) is 0 Å². The van der Waals surface area contributed by atoms with Crippen LogP contribution in [0, 0.1) is 11.8 Å². The third-order valence-electron chi connectivity index (χ3n) is 3.86. The van der Waals surface area contributed by atoms with Crippen LogP contribution in [0.4, 0.5) is 0 Å². The Labute approximate surface area is 106 Å². The van der Waals surface area contributed by atoms with Crippen LogP contribution in [0.2, 0.25) is 0 Å². The van der Waals surface area contributed by atoms with E-state index in [0.29, 0.717) is 25.9 Å². The van der Waals surface area contributed by atoms with E-state index in [2.05, 4.69) is 0 Å². The highest BCUT2D eigenvalue weighted by Gasteiger charge is 2.36. The minimum absolute atomic E-state index is 0.00594. The standard InChI is InChI=1S/C12H18N2O4/c1-13-4-2-8(6-10(13)15)11(16)14-5-3-9(7-14)12(17)18/h8-9H,2-7H2,1H3,(H,17,18). The molecule has 0 bridgehead atoms. The largest absolute Gasteiger partial charge is 0.481 e. The van der Waals surface area contributed by atoms with Gasteiger partial charge < -0.3 is 14.9 Å². The van der Waals surface area contributed by atoms with Crippen LogP contribution in [-0.2, 0) is 14.4 Å².